The van der Waals surface area contributed by atoms with Crippen LogP contribution in [0.2, 0.25) is 0 Å². The fraction of sp³-hybridized carbons (Fsp3) is 0.412. The second-order valence-electron chi connectivity index (χ2n) is 7.12. The van der Waals surface area contributed by atoms with Crippen LogP contribution in [0.25, 0.3) is 5.69 Å². The molecule has 1 aromatic carbocycles. The fourth-order valence-corrected chi connectivity index (χ4v) is 4.07. The average molecular weight is 363 g/mol. The van der Waals surface area contributed by atoms with Crippen molar-refractivity contribution >= 4 is 21.6 Å². The van der Waals surface area contributed by atoms with Crippen molar-refractivity contribution in [2.75, 3.05) is 12.4 Å². The van der Waals surface area contributed by atoms with Gasteiger partial charge in [-0.05, 0) is 24.3 Å². The quantitative estimate of drug-likeness (QED) is 0.904. The van der Waals surface area contributed by atoms with Gasteiger partial charge in [-0.15, -0.1) is 0 Å². The number of methoxy groups -OCH3 is 1. The minimum absolute atomic E-state index is 0.107. The van der Waals surface area contributed by atoms with Crippen molar-refractivity contribution in [2.24, 2.45) is 5.41 Å². The molecule has 0 spiro atoms. The number of aromatic nitrogens is 2. The van der Waals surface area contributed by atoms with Gasteiger partial charge in [0.05, 0.1) is 30.0 Å². The third kappa shape index (κ3) is 3.39. The summed E-state index contributed by atoms with van der Waals surface area (Å²) in [5.74, 6) is 0.698. The average Bonchev–Trinajstić information content (AvgIpc) is 2.99. The third-order valence-corrected chi connectivity index (χ3v) is 5.46. The number of fused-ring (bicyclic) bond motifs is 1. The lowest BCUT2D eigenvalue weighted by molar-refractivity contribution is -0.123. The van der Waals surface area contributed by atoms with Crippen LogP contribution in [0.15, 0.2) is 24.3 Å². The summed E-state index contributed by atoms with van der Waals surface area (Å²) in [7, 11) is -1.63. The lowest BCUT2D eigenvalue weighted by Gasteiger charge is -2.19. The molecule has 0 saturated heterocycles. The zero-order valence-electron chi connectivity index (χ0n) is 14.7. The largest absolute Gasteiger partial charge is 0.497 e. The number of hydrogen-bond donors (Lipinski definition) is 1. The first kappa shape index (κ1) is 17.5. The van der Waals surface area contributed by atoms with E-state index < -0.39 is 15.3 Å². The SMILES string of the molecule is COc1ccc(-n2nc3c(c2NC(=O)C(C)(C)C)CS(=O)(=O)C3)cc1. The van der Waals surface area contributed by atoms with Gasteiger partial charge in [-0.2, -0.15) is 5.10 Å². The lowest BCUT2D eigenvalue weighted by Crippen LogP contribution is -2.29. The van der Waals surface area contributed by atoms with Crippen molar-refractivity contribution in [3.63, 3.8) is 0 Å². The molecular formula is C17H21N3O4S. The summed E-state index contributed by atoms with van der Waals surface area (Å²) in [4.78, 5) is 12.5. The van der Waals surface area contributed by atoms with E-state index in [2.05, 4.69) is 10.4 Å². The molecule has 25 heavy (non-hydrogen) atoms. The maximum atomic E-state index is 12.5. The second-order valence-corrected chi connectivity index (χ2v) is 9.18. The van der Waals surface area contributed by atoms with E-state index in [9.17, 15) is 13.2 Å². The molecule has 7 nitrogen and oxygen atoms in total. The molecule has 8 heteroatoms. The van der Waals surface area contributed by atoms with Crippen molar-refractivity contribution in [1.29, 1.82) is 0 Å². The Kier molecular flexibility index (Phi) is 4.10. The highest BCUT2D eigenvalue weighted by molar-refractivity contribution is 7.90. The molecule has 0 fully saturated rings. The van der Waals surface area contributed by atoms with Crippen LogP contribution in [0.3, 0.4) is 0 Å². The van der Waals surface area contributed by atoms with E-state index in [0.29, 0.717) is 22.8 Å². The third-order valence-electron chi connectivity index (χ3n) is 4.02. The Hall–Kier alpha value is -2.35. The standard InChI is InChI=1S/C17H21N3O4S/c1-17(2,3)16(21)18-15-13-9-25(22,23)10-14(13)19-20(15)11-5-7-12(24-4)8-6-11/h5-8H,9-10H2,1-4H3,(H,18,21). The molecule has 3 rings (SSSR count). The summed E-state index contributed by atoms with van der Waals surface area (Å²) in [6.45, 7) is 5.40. The molecule has 0 radical (unpaired) electrons. The van der Waals surface area contributed by atoms with Crippen molar-refractivity contribution < 1.29 is 17.9 Å². The van der Waals surface area contributed by atoms with Crippen LogP contribution in [0.1, 0.15) is 32.0 Å². The first-order chi connectivity index (χ1) is 11.6. The van der Waals surface area contributed by atoms with Crippen LogP contribution in [0.5, 0.6) is 5.75 Å². The maximum Gasteiger partial charge on any atom is 0.230 e. The predicted octanol–water partition coefficient (Wildman–Crippen LogP) is 2.29. The molecule has 0 unspecified atom stereocenters. The first-order valence-corrected chi connectivity index (χ1v) is 9.70. The second kappa shape index (κ2) is 5.87. The molecule has 134 valence electrons. The van der Waals surface area contributed by atoms with E-state index in [0.717, 1.165) is 5.69 Å². The number of rotatable bonds is 3. The highest BCUT2D eigenvalue weighted by Gasteiger charge is 2.34. The molecule has 1 aliphatic rings. The predicted molar refractivity (Wildman–Crippen MR) is 94.5 cm³/mol. The Morgan fingerprint density at radius 2 is 1.84 bits per heavy atom. The topological polar surface area (TPSA) is 90.3 Å². The van der Waals surface area contributed by atoms with E-state index in [1.54, 1.807) is 44.7 Å². The number of carbonyl (C=O) groups is 1. The van der Waals surface area contributed by atoms with Crippen LogP contribution < -0.4 is 10.1 Å². The number of benzene rings is 1. The Labute approximate surface area is 146 Å². The van der Waals surface area contributed by atoms with Gasteiger partial charge < -0.3 is 10.1 Å². The van der Waals surface area contributed by atoms with Gasteiger partial charge in [0, 0.05) is 11.0 Å². The summed E-state index contributed by atoms with van der Waals surface area (Å²) >= 11 is 0. The zero-order valence-corrected chi connectivity index (χ0v) is 15.5. The van der Waals surface area contributed by atoms with Crippen LogP contribution in [-0.4, -0.2) is 31.2 Å². The molecular weight excluding hydrogens is 342 g/mol. The van der Waals surface area contributed by atoms with Crippen LogP contribution in [0, 0.1) is 5.41 Å². The van der Waals surface area contributed by atoms with Gasteiger partial charge in [-0.25, -0.2) is 13.1 Å². The summed E-state index contributed by atoms with van der Waals surface area (Å²) < 4.78 is 30.6. The van der Waals surface area contributed by atoms with Gasteiger partial charge in [0.1, 0.15) is 11.6 Å². The zero-order chi connectivity index (χ0) is 18.4. The number of amides is 1. The Morgan fingerprint density at radius 1 is 1.20 bits per heavy atom. The number of nitrogens with one attached hydrogen (secondary N) is 1. The summed E-state index contributed by atoms with van der Waals surface area (Å²) in [5, 5.41) is 7.29. The summed E-state index contributed by atoms with van der Waals surface area (Å²) in [6.07, 6.45) is 0. The Balaban J connectivity index is 2.08. The summed E-state index contributed by atoms with van der Waals surface area (Å²) in [6, 6.07) is 7.19. The number of anilines is 1. The lowest BCUT2D eigenvalue weighted by atomic mass is 9.95. The minimum atomic E-state index is -3.21. The molecule has 1 amide bonds. The Morgan fingerprint density at radius 3 is 2.40 bits per heavy atom. The monoisotopic (exact) mass is 363 g/mol. The normalized spacial score (nSPS) is 15.7. The van der Waals surface area contributed by atoms with Gasteiger partial charge in [0.2, 0.25) is 5.91 Å². The minimum Gasteiger partial charge on any atom is -0.497 e. The van der Waals surface area contributed by atoms with Crippen molar-refractivity contribution in [1.82, 2.24) is 9.78 Å². The molecule has 0 saturated carbocycles. The molecule has 2 heterocycles. The Bertz CT molecular complexity index is 922. The van der Waals surface area contributed by atoms with Crippen molar-refractivity contribution in [3.8, 4) is 11.4 Å². The van der Waals surface area contributed by atoms with Crippen molar-refractivity contribution in [3.05, 3.63) is 35.5 Å². The molecule has 0 bridgehead atoms. The van der Waals surface area contributed by atoms with Gasteiger partial charge in [-0.3, -0.25) is 4.79 Å². The molecule has 1 aromatic heterocycles. The van der Waals surface area contributed by atoms with Gasteiger partial charge >= 0.3 is 0 Å². The smallest absolute Gasteiger partial charge is 0.230 e. The number of ether oxygens (including phenoxy) is 1. The van der Waals surface area contributed by atoms with Gasteiger partial charge in [-0.1, -0.05) is 20.8 Å². The highest BCUT2D eigenvalue weighted by atomic mass is 32.2. The molecule has 0 atom stereocenters. The van der Waals surface area contributed by atoms with Gasteiger partial charge in [0.15, 0.2) is 9.84 Å². The first-order valence-electron chi connectivity index (χ1n) is 7.88. The van der Waals surface area contributed by atoms with Crippen molar-refractivity contribution in [2.45, 2.75) is 32.3 Å². The van der Waals surface area contributed by atoms with Crippen LogP contribution >= 0.6 is 0 Å². The number of sulfone groups is 1. The van der Waals surface area contributed by atoms with E-state index >= 15 is 0 Å². The van der Waals surface area contributed by atoms with E-state index in [4.69, 9.17) is 4.74 Å². The summed E-state index contributed by atoms with van der Waals surface area (Å²) in [5.41, 5.74) is 1.16. The van der Waals surface area contributed by atoms with Crippen LogP contribution in [0.4, 0.5) is 5.82 Å². The molecule has 0 aliphatic carbocycles. The van der Waals surface area contributed by atoms with E-state index in [1.165, 1.54) is 0 Å². The maximum absolute atomic E-state index is 12.5. The molecule has 1 N–H and O–H groups in total. The molecule has 2 aromatic rings. The van der Waals surface area contributed by atoms with E-state index in [-0.39, 0.29) is 17.4 Å². The van der Waals surface area contributed by atoms with Gasteiger partial charge in [0.25, 0.3) is 0 Å². The molecule has 1 aliphatic heterocycles. The number of carbonyl (C=O) groups excluding carboxylic acids is 1. The highest BCUT2D eigenvalue weighted by Crippen LogP contribution is 2.34. The van der Waals surface area contributed by atoms with E-state index in [1.807, 2.05) is 12.1 Å². The van der Waals surface area contributed by atoms with Crippen LogP contribution in [-0.2, 0) is 26.1 Å². The number of hydrogen-bond acceptors (Lipinski definition) is 5. The number of nitrogens with zero attached hydrogens (tertiary/aromatic N) is 2. The fourth-order valence-electron chi connectivity index (χ4n) is 2.58.